The van der Waals surface area contributed by atoms with E-state index in [1.807, 2.05) is 6.92 Å². The van der Waals surface area contributed by atoms with Gasteiger partial charge in [0.05, 0.1) is 7.11 Å². The van der Waals surface area contributed by atoms with E-state index in [9.17, 15) is 14.0 Å². The van der Waals surface area contributed by atoms with E-state index in [0.29, 0.717) is 12.0 Å². The van der Waals surface area contributed by atoms with Gasteiger partial charge < -0.3 is 9.47 Å². The monoisotopic (exact) mass is 316 g/mol. The van der Waals surface area contributed by atoms with Crippen LogP contribution in [0.2, 0.25) is 0 Å². The highest BCUT2D eigenvalue weighted by Gasteiger charge is 2.16. The summed E-state index contributed by atoms with van der Waals surface area (Å²) in [4.78, 5) is 23.7. The molecule has 2 rings (SSSR count). The second kappa shape index (κ2) is 7.54. The van der Waals surface area contributed by atoms with Gasteiger partial charge in [0.25, 0.3) is 0 Å². The van der Waals surface area contributed by atoms with E-state index in [0.717, 1.165) is 5.56 Å². The number of aryl methyl sites for hydroxylation is 2. The average Bonchev–Trinajstić information content (AvgIpc) is 2.54. The predicted molar refractivity (Wildman–Crippen MR) is 82.9 cm³/mol. The highest BCUT2D eigenvalue weighted by Crippen LogP contribution is 2.21. The minimum atomic E-state index is -0.568. The van der Waals surface area contributed by atoms with Crippen molar-refractivity contribution in [1.82, 2.24) is 0 Å². The number of hydrogen-bond acceptors (Lipinski definition) is 4. The Morgan fingerprint density at radius 1 is 1.13 bits per heavy atom. The molecule has 0 atom stereocenters. The minimum Gasteiger partial charge on any atom is -0.465 e. The van der Waals surface area contributed by atoms with E-state index in [1.165, 1.54) is 19.2 Å². The number of carbonyl (C=O) groups excluding carboxylic acids is 2. The molecule has 0 amide bonds. The summed E-state index contributed by atoms with van der Waals surface area (Å²) in [5.74, 6) is -1.25. The molecule has 0 aromatic heterocycles. The van der Waals surface area contributed by atoms with Crippen LogP contribution in [0.5, 0.6) is 5.75 Å². The number of carbonyl (C=O) groups is 2. The molecule has 2 aromatic carbocycles. The van der Waals surface area contributed by atoms with Gasteiger partial charge in [-0.15, -0.1) is 0 Å². The van der Waals surface area contributed by atoms with Crippen molar-refractivity contribution in [2.45, 2.75) is 19.8 Å². The van der Waals surface area contributed by atoms with Crippen LogP contribution in [0.15, 0.2) is 42.5 Å². The zero-order valence-corrected chi connectivity index (χ0v) is 13.0. The average molecular weight is 316 g/mol. The molecular formula is C18H17FO4. The van der Waals surface area contributed by atoms with Crippen molar-refractivity contribution in [2.75, 3.05) is 7.11 Å². The predicted octanol–water partition coefficient (Wildman–Crippen LogP) is 3.46. The first-order valence-electron chi connectivity index (χ1n) is 7.13. The Balaban J connectivity index is 2.04. The number of rotatable bonds is 5. The standard InChI is InChI=1S/C18H17FO4/c1-12-6-8-16(15(10-12)18(21)22-2)23-17(20)9-7-13-4-3-5-14(19)11-13/h3-6,8,10-11H,7,9H2,1-2H3. The van der Waals surface area contributed by atoms with Crippen molar-refractivity contribution in [1.29, 1.82) is 0 Å². The zero-order chi connectivity index (χ0) is 16.8. The Bertz CT molecular complexity index is 725. The lowest BCUT2D eigenvalue weighted by atomic mass is 10.1. The van der Waals surface area contributed by atoms with Gasteiger partial charge in [-0.2, -0.15) is 0 Å². The fourth-order valence-corrected chi connectivity index (χ4v) is 2.11. The Morgan fingerprint density at radius 2 is 1.91 bits per heavy atom. The molecule has 2 aromatic rings. The molecule has 0 saturated carbocycles. The molecule has 0 bridgehead atoms. The van der Waals surface area contributed by atoms with Crippen LogP contribution in [0.1, 0.15) is 27.9 Å². The lowest BCUT2D eigenvalue weighted by Gasteiger charge is -2.09. The molecule has 0 unspecified atom stereocenters. The summed E-state index contributed by atoms with van der Waals surface area (Å²) in [6, 6.07) is 10.9. The Morgan fingerprint density at radius 3 is 2.61 bits per heavy atom. The second-order valence-electron chi connectivity index (χ2n) is 5.10. The van der Waals surface area contributed by atoms with Crippen molar-refractivity contribution in [3.8, 4) is 5.75 Å². The van der Waals surface area contributed by atoms with Crippen molar-refractivity contribution >= 4 is 11.9 Å². The molecule has 0 fully saturated rings. The van der Waals surface area contributed by atoms with Gasteiger partial charge in [0.15, 0.2) is 0 Å². The first-order chi connectivity index (χ1) is 11.0. The third kappa shape index (κ3) is 4.64. The maximum Gasteiger partial charge on any atom is 0.341 e. The Hall–Kier alpha value is -2.69. The van der Waals surface area contributed by atoms with E-state index < -0.39 is 11.9 Å². The fourth-order valence-electron chi connectivity index (χ4n) is 2.11. The molecule has 0 spiro atoms. The topological polar surface area (TPSA) is 52.6 Å². The summed E-state index contributed by atoms with van der Waals surface area (Å²) in [5.41, 5.74) is 1.76. The molecule has 4 nitrogen and oxygen atoms in total. The molecule has 0 heterocycles. The second-order valence-corrected chi connectivity index (χ2v) is 5.10. The number of esters is 2. The lowest BCUT2D eigenvalue weighted by Crippen LogP contribution is -2.13. The van der Waals surface area contributed by atoms with E-state index in [4.69, 9.17) is 4.74 Å². The van der Waals surface area contributed by atoms with Crippen LogP contribution in [0.25, 0.3) is 0 Å². The summed E-state index contributed by atoms with van der Waals surface area (Å²) >= 11 is 0. The van der Waals surface area contributed by atoms with Gasteiger partial charge in [0, 0.05) is 6.42 Å². The number of methoxy groups -OCH3 is 1. The maximum absolute atomic E-state index is 13.1. The Kier molecular flexibility index (Phi) is 5.46. The molecule has 23 heavy (non-hydrogen) atoms. The van der Waals surface area contributed by atoms with Gasteiger partial charge in [-0.25, -0.2) is 9.18 Å². The summed E-state index contributed by atoms with van der Waals surface area (Å²) < 4.78 is 23.0. The lowest BCUT2D eigenvalue weighted by molar-refractivity contribution is -0.134. The van der Waals surface area contributed by atoms with Gasteiger partial charge in [0.1, 0.15) is 17.1 Å². The van der Waals surface area contributed by atoms with Gasteiger partial charge in [-0.05, 0) is 48.7 Å². The molecule has 0 aliphatic carbocycles. The largest absolute Gasteiger partial charge is 0.465 e. The van der Waals surface area contributed by atoms with E-state index in [1.54, 1.807) is 30.3 Å². The molecule has 0 N–H and O–H groups in total. The fraction of sp³-hybridized carbons (Fsp3) is 0.222. The third-order valence-corrected chi connectivity index (χ3v) is 3.27. The van der Waals surface area contributed by atoms with Crippen molar-refractivity contribution in [3.05, 3.63) is 65.0 Å². The molecule has 0 aliphatic heterocycles. The highest BCUT2D eigenvalue weighted by molar-refractivity contribution is 5.93. The molecule has 5 heteroatoms. The van der Waals surface area contributed by atoms with Crippen LogP contribution in [0, 0.1) is 12.7 Å². The first kappa shape index (κ1) is 16.7. The number of benzene rings is 2. The van der Waals surface area contributed by atoms with Gasteiger partial charge >= 0.3 is 11.9 Å². The van der Waals surface area contributed by atoms with Crippen molar-refractivity contribution in [2.24, 2.45) is 0 Å². The van der Waals surface area contributed by atoms with Crippen LogP contribution in [0.4, 0.5) is 4.39 Å². The van der Waals surface area contributed by atoms with Crippen LogP contribution in [0.3, 0.4) is 0 Å². The van der Waals surface area contributed by atoms with E-state index >= 15 is 0 Å². The van der Waals surface area contributed by atoms with Crippen LogP contribution in [-0.2, 0) is 16.0 Å². The summed E-state index contributed by atoms with van der Waals surface area (Å²) in [7, 11) is 1.26. The Labute approximate surface area is 133 Å². The molecule has 0 aliphatic rings. The van der Waals surface area contributed by atoms with Gasteiger partial charge in [-0.1, -0.05) is 18.2 Å². The SMILES string of the molecule is COC(=O)c1cc(C)ccc1OC(=O)CCc1cccc(F)c1. The number of halogens is 1. The van der Waals surface area contributed by atoms with Gasteiger partial charge in [0.2, 0.25) is 0 Å². The number of ether oxygens (including phenoxy) is 2. The van der Waals surface area contributed by atoms with Crippen molar-refractivity contribution in [3.63, 3.8) is 0 Å². The molecule has 120 valence electrons. The van der Waals surface area contributed by atoms with Gasteiger partial charge in [-0.3, -0.25) is 4.79 Å². The minimum absolute atomic E-state index is 0.0813. The summed E-state index contributed by atoms with van der Waals surface area (Å²) in [6.07, 6.45) is 0.438. The van der Waals surface area contributed by atoms with Crippen LogP contribution in [-0.4, -0.2) is 19.0 Å². The quantitative estimate of drug-likeness (QED) is 0.626. The highest BCUT2D eigenvalue weighted by atomic mass is 19.1. The molecule has 0 saturated heterocycles. The summed E-state index contributed by atoms with van der Waals surface area (Å²) in [6.45, 7) is 1.82. The molecule has 0 radical (unpaired) electrons. The number of hydrogen-bond donors (Lipinski definition) is 0. The first-order valence-corrected chi connectivity index (χ1v) is 7.13. The van der Waals surface area contributed by atoms with Crippen molar-refractivity contribution < 1.29 is 23.5 Å². The van der Waals surface area contributed by atoms with Crippen LogP contribution < -0.4 is 4.74 Å². The maximum atomic E-state index is 13.1. The third-order valence-electron chi connectivity index (χ3n) is 3.27. The molecular weight excluding hydrogens is 299 g/mol. The smallest absolute Gasteiger partial charge is 0.341 e. The summed E-state index contributed by atoms with van der Waals surface area (Å²) in [5, 5.41) is 0. The van der Waals surface area contributed by atoms with Crippen LogP contribution >= 0.6 is 0 Å². The zero-order valence-electron chi connectivity index (χ0n) is 13.0. The van der Waals surface area contributed by atoms with E-state index in [-0.39, 0.29) is 23.6 Å². The van der Waals surface area contributed by atoms with E-state index in [2.05, 4.69) is 4.74 Å². The normalized spacial score (nSPS) is 10.2.